The van der Waals surface area contributed by atoms with Gasteiger partial charge in [0.1, 0.15) is 0 Å². The van der Waals surface area contributed by atoms with E-state index in [2.05, 4.69) is 36.3 Å². The monoisotopic (exact) mass is 331 g/mol. The zero-order valence-corrected chi connectivity index (χ0v) is 14.8. The summed E-state index contributed by atoms with van der Waals surface area (Å²) >= 11 is 1.47. The van der Waals surface area contributed by atoms with Gasteiger partial charge in [-0.15, -0.1) is 0 Å². The number of nitrogens with one attached hydrogen (secondary N) is 1. The molecule has 124 valence electrons. The average Bonchev–Trinajstić information content (AvgIpc) is 2.99. The van der Waals surface area contributed by atoms with E-state index in [1.54, 1.807) is 6.20 Å². The maximum Gasteiger partial charge on any atom is 0.230 e. The highest BCUT2D eigenvalue weighted by Gasteiger charge is 2.22. The molecule has 1 heterocycles. The van der Waals surface area contributed by atoms with E-state index < -0.39 is 0 Å². The van der Waals surface area contributed by atoms with Crippen molar-refractivity contribution in [1.29, 1.82) is 0 Å². The van der Waals surface area contributed by atoms with E-state index in [1.807, 2.05) is 36.0 Å². The fraction of sp³-hybridized carbons (Fsp3) is 0.444. The van der Waals surface area contributed by atoms with Crippen molar-refractivity contribution < 1.29 is 4.79 Å². The second-order valence-electron chi connectivity index (χ2n) is 5.64. The molecule has 23 heavy (non-hydrogen) atoms. The van der Waals surface area contributed by atoms with E-state index in [0.29, 0.717) is 11.7 Å². The van der Waals surface area contributed by atoms with Crippen LogP contribution in [0, 0.1) is 5.92 Å². The lowest BCUT2D eigenvalue weighted by Crippen LogP contribution is -2.34. The van der Waals surface area contributed by atoms with Crippen molar-refractivity contribution in [3.8, 4) is 0 Å². The Balaban J connectivity index is 2.02. The largest absolute Gasteiger partial charge is 0.348 e. The first-order valence-electron chi connectivity index (χ1n) is 8.10. The van der Waals surface area contributed by atoms with Crippen molar-refractivity contribution in [2.75, 3.05) is 5.75 Å². The predicted molar refractivity (Wildman–Crippen MR) is 95.3 cm³/mol. The molecule has 0 aliphatic carbocycles. The van der Waals surface area contributed by atoms with Gasteiger partial charge in [0.15, 0.2) is 5.16 Å². The first-order valence-corrected chi connectivity index (χ1v) is 9.08. The molecule has 0 spiro atoms. The summed E-state index contributed by atoms with van der Waals surface area (Å²) in [4.78, 5) is 16.6. The van der Waals surface area contributed by atoms with Crippen LogP contribution >= 0.6 is 11.8 Å². The van der Waals surface area contributed by atoms with Gasteiger partial charge in [0, 0.05) is 19.4 Å². The smallest absolute Gasteiger partial charge is 0.230 e. The summed E-state index contributed by atoms with van der Waals surface area (Å²) in [7, 11) is 1.93. The molecule has 0 saturated carbocycles. The van der Waals surface area contributed by atoms with Crippen LogP contribution in [0.3, 0.4) is 0 Å². The Morgan fingerprint density at radius 3 is 2.52 bits per heavy atom. The standard InChI is InChI=1S/C18H25N3OS/c1-4-14(5-2)17(15-9-7-6-8-10-15)20-16(22)13-23-18-19-11-12-21(18)3/h6-12,14,17H,4-5,13H2,1-3H3,(H,20,22). The fourth-order valence-corrected chi connectivity index (χ4v) is 3.47. The highest BCUT2D eigenvalue weighted by Crippen LogP contribution is 2.27. The molecule has 1 amide bonds. The average molecular weight is 331 g/mol. The van der Waals surface area contributed by atoms with E-state index >= 15 is 0 Å². The second kappa shape index (κ2) is 8.77. The SMILES string of the molecule is CCC(CC)C(NC(=O)CSc1nccn1C)c1ccccc1. The summed E-state index contributed by atoms with van der Waals surface area (Å²) < 4.78 is 1.92. The van der Waals surface area contributed by atoms with Gasteiger partial charge in [-0.25, -0.2) is 4.98 Å². The summed E-state index contributed by atoms with van der Waals surface area (Å²) in [6.45, 7) is 4.36. The van der Waals surface area contributed by atoms with Gasteiger partial charge in [0.05, 0.1) is 11.8 Å². The lowest BCUT2D eigenvalue weighted by Gasteiger charge is -2.27. The maximum atomic E-state index is 12.4. The van der Waals surface area contributed by atoms with Crippen molar-refractivity contribution in [2.24, 2.45) is 13.0 Å². The first kappa shape index (κ1) is 17.6. The third-order valence-corrected chi connectivity index (χ3v) is 5.16. The number of benzene rings is 1. The van der Waals surface area contributed by atoms with E-state index in [0.717, 1.165) is 18.0 Å². The van der Waals surface area contributed by atoms with Crippen LogP contribution in [-0.4, -0.2) is 21.2 Å². The fourth-order valence-electron chi connectivity index (χ4n) is 2.73. The number of imidazole rings is 1. The Morgan fingerprint density at radius 1 is 1.26 bits per heavy atom. The molecule has 2 rings (SSSR count). The highest BCUT2D eigenvalue weighted by molar-refractivity contribution is 7.99. The number of carbonyl (C=O) groups excluding carboxylic acids is 1. The summed E-state index contributed by atoms with van der Waals surface area (Å²) in [5.41, 5.74) is 1.18. The number of hydrogen-bond acceptors (Lipinski definition) is 3. The van der Waals surface area contributed by atoms with Crippen LogP contribution in [0.4, 0.5) is 0 Å². The Kier molecular flexibility index (Phi) is 6.71. The molecule has 0 radical (unpaired) electrons. The predicted octanol–water partition coefficient (Wildman–Crippen LogP) is 3.81. The van der Waals surface area contributed by atoms with Crippen LogP contribution in [0.1, 0.15) is 38.3 Å². The number of aromatic nitrogens is 2. The number of carbonyl (C=O) groups is 1. The lowest BCUT2D eigenvalue weighted by molar-refractivity contribution is -0.119. The van der Waals surface area contributed by atoms with Crippen LogP contribution in [-0.2, 0) is 11.8 Å². The summed E-state index contributed by atoms with van der Waals surface area (Å²) in [5.74, 6) is 0.882. The molecule has 0 fully saturated rings. The van der Waals surface area contributed by atoms with Gasteiger partial charge in [-0.2, -0.15) is 0 Å². The third-order valence-electron chi connectivity index (χ3n) is 4.10. The van der Waals surface area contributed by atoms with Gasteiger partial charge in [-0.1, -0.05) is 68.8 Å². The molecule has 2 aromatic rings. The Bertz CT molecular complexity index is 608. The van der Waals surface area contributed by atoms with Gasteiger partial charge in [-0.3, -0.25) is 4.79 Å². The zero-order chi connectivity index (χ0) is 16.7. The van der Waals surface area contributed by atoms with Gasteiger partial charge in [0.2, 0.25) is 5.91 Å². The molecular weight excluding hydrogens is 306 g/mol. The van der Waals surface area contributed by atoms with Crippen LogP contribution in [0.15, 0.2) is 47.9 Å². The van der Waals surface area contributed by atoms with Gasteiger partial charge >= 0.3 is 0 Å². The second-order valence-corrected chi connectivity index (χ2v) is 6.58. The molecular formula is C18H25N3OS. The molecule has 5 heteroatoms. The third kappa shape index (κ3) is 4.86. The summed E-state index contributed by atoms with van der Waals surface area (Å²) in [6, 6.07) is 10.3. The van der Waals surface area contributed by atoms with Crippen molar-refractivity contribution in [2.45, 2.75) is 37.9 Å². The zero-order valence-electron chi connectivity index (χ0n) is 14.0. The number of amides is 1. The summed E-state index contributed by atoms with van der Waals surface area (Å²) in [5, 5.41) is 4.08. The molecule has 0 saturated heterocycles. The molecule has 1 N–H and O–H groups in total. The number of hydrogen-bond donors (Lipinski definition) is 1. The van der Waals surface area contributed by atoms with Crippen LogP contribution in [0.25, 0.3) is 0 Å². The molecule has 1 aromatic carbocycles. The van der Waals surface area contributed by atoms with Crippen LogP contribution in [0.5, 0.6) is 0 Å². The van der Waals surface area contributed by atoms with Crippen molar-refractivity contribution in [1.82, 2.24) is 14.9 Å². The van der Waals surface area contributed by atoms with E-state index in [-0.39, 0.29) is 11.9 Å². The molecule has 1 aromatic heterocycles. The van der Waals surface area contributed by atoms with Crippen molar-refractivity contribution in [3.05, 3.63) is 48.3 Å². The number of aryl methyl sites for hydroxylation is 1. The van der Waals surface area contributed by atoms with E-state index in [1.165, 1.54) is 17.3 Å². The Hall–Kier alpha value is -1.75. The summed E-state index contributed by atoms with van der Waals surface area (Å²) in [6.07, 6.45) is 5.72. The minimum absolute atomic E-state index is 0.0544. The van der Waals surface area contributed by atoms with Crippen molar-refractivity contribution >= 4 is 17.7 Å². The first-order chi connectivity index (χ1) is 11.2. The minimum atomic E-state index is 0.0544. The molecule has 0 aliphatic heterocycles. The Morgan fingerprint density at radius 2 is 1.96 bits per heavy atom. The molecule has 1 atom stereocenters. The molecule has 0 bridgehead atoms. The van der Waals surface area contributed by atoms with Crippen LogP contribution in [0.2, 0.25) is 0 Å². The van der Waals surface area contributed by atoms with Crippen LogP contribution < -0.4 is 5.32 Å². The maximum absolute atomic E-state index is 12.4. The van der Waals surface area contributed by atoms with E-state index in [4.69, 9.17) is 0 Å². The van der Waals surface area contributed by atoms with Gasteiger partial charge in [0.25, 0.3) is 0 Å². The molecule has 1 unspecified atom stereocenters. The normalized spacial score (nSPS) is 12.3. The number of thioether (sulfide) groups is 1. The van der Waals surface area contributed by atoms with Gasteiger partial charge in [-0.05, 0) is 11.5 Å². The van der Waals surface area contributed by atoms with E-state index in [9.17, 15) is 4.79 Å². The highest BCUT2D eigenvalue weighted by atomic mass is 32.2. The lowest BCUT2D eigenvalue weighted by atomic mass is 9.89. The number of nitrogens with zero attached hydrogens (tertiary/aromatic N) is 2. The van der Waals surface area contributed by atoms with Crippen molar-refractivity contribution in [3.63, 3.8) is 0 Å². The molecule has 4 nitrogen and oxygen atoms in total. The quantitative estimate of drug-likeness (QED) is 0.748. The molecule has 0 aliphatic rings. The number of rotatable bonds is 8. The van der Waals surface area contributed by atoms with Gasteiger partial charge < -0.3 is 9.88 Å². The minimum Gasteiger partial charge on any atom is -0.348 e. The Labute approximate surface area is 142 Å². The topological polar surface area (TPSA) is 46.9 Å².